The van der Waals surface area contributed by atoms with Gasteiger partial charge in [0, 0.05) is 13.1 Å². The van der Waals surface area contributed by atoms with Crippen LogP contribution in [0.25, 0.3) is 0 Å². The van der Waals surface area contributed by atoms with E-state index in [2.05, 4.69) is 10.6 Å². The van der Waals surface area contributed by atoms with E-state index in [1.807, 2.05) is 45.9 Å². The molecule has 196 valence electrons. The van der Waals surface area contributed by atoms with E-state index in [-0.39, 0.29) is 23.8 Å². The summed E-state index contributed by atoms with van der Waals surface area (Å²) in [6.45, 7) is 13.3. The third-order valence-electron chi connectivity index (χ3n) is 6.45. The quantitative estimate of drug-likeness (QED) is 0.528. The van der Waals surface area contributed by atoms with E-state index < -0.39 is 23.8 Å². The van der Waals surface area contributed by atoms with Crippen molar-refractivity contribution >= 4 is 17.9 Å². The predicted molar refractivity (Wildman–Crippen MR) is 139 cm³/mol. The molecule has 1 fully saturated rings. The smallest absolute Gasteiger partial charge is 0.408 e. The SMILES string of the molecule is Cc1cccc(C)c1C(C(=O)NC1CCCCC1)N(C)C(=O)C(CC(C)C)NC(=O)OC(C)(C)C. The number of ether oxygens (including phenoxy) is 1. The van der Waals surface area contributed by atoms with Gasteiger partial charge in [-0.05, 0) is 76.5 Å². The van der Waals surface area contributed by atoms with Crippen LogP contribution in [-0.4, -0.2) is 47.5 Å². The summed E-state index contributed by atoms with van der Waals surface area (Å²) >= 11 is 0. The molecule has 7 heteroatoms. The van der Waals surface area contributed by atoms with Crippen molar-refractivity contribution in [3.63, 3.8) is 0 Å². The molecule has 1 aromatic carbocycles. The molecule has 2 atom stereocenters. The Kier molecular flexibility index (Phi) is 10.2. The Bertz CT molecular complexity index is 864. The van der Waals surface area contributed by atoms with Gasteiger partial charge in [0.15, 0.2) is 0 Å². The van der Waals surface area contributed by atoms with Gasteiger partial charge in [-0.25, -0.2) is 4.79 Å². The molecule has 0 radical (unpaired) electrons. The van der Waals surface area contributed by atoms with Gasteiger partial charge in [-0.3, -0.25) is 9.59 Å². The molecule has 0 heterocycles. The van der Waals surface area contributed by atoms with Crippen molar-refractivity contribution in [2.75, 3.05) is 7.05 Å². The van der Waals surface area contributed by atoms with E-state index >= 15 is 0 Å². The third kappa shape index (κ3) is 8.55. The summed E-state index contributed by atoms with van der Waals surface area (Å²) in [6, 6.07) is 4.42. The molecular formula is C28H45N3O4. The van der Waals surface area contributed by atoms with Gasteiger partial charge in [0.05, 0.1) is 0 Å². The normalized spacial score (nSPS) is 16.4. The van der Waals surface area contributed by atoms with E-state index in [4.69, 9.17) is 4.74 Å². The van der Waals surface area contributed by atoms with Gasteiger partial charge in [-0.15, -0.1) is 0 Å². The van der Waals surface area contributed by atoms with Gasteiger partial charge in [-0.2, -0.15) is 0 Å². The third-order valence-corrected chi connectivity index (χ3v) is 6.45. The monoisotopic (exact) mass is 487 g/mol. The van der Waals surface area contributed by atoms with E-state index in [1.165, 1.54) is 11.3 Å². The molecule has 0 aromatic heterocycles. The van der Waals surface area contributed by atoms with Gasteiger partial charge in [0.25, 0.3) is 0 Å². The fraction of sp³-hybridized carbons (Fsp3) is 0.679. The van der Waals surface area contributed by atoms with Crippen LogP contribution in [0.3, 0.4) is 0 Å². The Hall–Kier alpha value is -2.57. The Morgan fingerprint density at radius 3 is 2.14 bits per heavy atom. The fourth-order valence-corrected chi connectivity index (χ4v) is 4.80. The van der Waals surface area contributed by atoms with Crippen LogP contribution < -0.4 is 10.6 Å². The van der Waals surface area contributed by atoms with Crippen LogP contribution >= 0.6 is 0 Å². The summed E-state index contributed by atoms with van der Waals surface area (Å²) < 4.78 is 5.41. The number of hydrogen-bond donors (Lipinski definition) is 2. The van der Waals surface area contributed by atoms with Gasteiger partial charge in [0.2, 0.25) is 11.8 Å². The number of nitrogens with one attached hydrogen (secondary N) is 2. The highest BCUT2D eigenvalue weighted by atomic mass is 16.6. The zero-order chi connectivity index (χ0) is 26.3. The lowest BCUT2D eigenvalue weighted by molar-refractivity contribution is -0.141. The first-order valence-corrected chi connectivity index (χ1v) is 12.9. The second kappa shape index (κ2) is 12.4. The van der Waals surface area contributed by atoms with Crippen LogP contribution in [0, 0.1) is 19.8 Å². The molecule has 2 rings (SSSR count). The number of aryl methyl sites for hydroxylation is 2. The van der Waals surface area contributed by atoms with Gasteiger partial charge in [0.1, 0.15) is 17.7 Å². The van der Waals surface area contributed by atoms with Crippen LogP contribution in [0.1, 0.15) is 95.9 Å². The highest BCUT2D eigenvalue weighted by Crippen LogP contribution is 2.29. The first-order valence-electron chi connectivity index (χ1n) is 12.9. The number of carbonyl (C=O) groups is 3. The molecule has 1 aromatic rings. The Balaban J connectivity index is 2.37. The second-order valence-corrected chi connectivity index (χ2v) is 11.3. The number of likely N-dealkylation sites (N-methyl/N-ethyl adjacent to an activating group) is 1. The lowest BCUT2D eigenvalue weighted by Crippen LogP contribution is -2.53. The molecular weight excluding hydrogens is 442 g/mol. The summed E-state index contributed by atoms with van der Waals surface area (Å²) in [5, 5.41) is 5.97. The molecule has 0 spiro atoms. The summed E-state index contributed by atoms with van der Waals surface area (Å²) in [6.07, 6.45) is 5.11. The highest BCUT2D eigenvalue weighted by molar-refractivity contribution is 5.92. The molecule has 1 saturated carbocycles. The molecule has 35 heavy (non-hydrogen) atoms. The zero-order valence-electron chi connectivity index (χ0n) is 22.9. The first kappa shape index (κ1) is 28.7. The van der Waals surface area contributed by atoms with Crippen molar-refractivity contribution < 1.29 is 19.1 Å². The number of amides is 3. The average Bonchev–Trinajstić information content (AvgIpc) is 2.74. The van der Waals surface area contributed by atoms with Crippen molar-refractivity contribution in [1.29, 1.82) is 0 Å². The van der Waals surface area contributed by atoms with Crippen LogP contribution in [0.2, 0.25) is 0 Å². The zero-order valence-corrected chi connectivity index (χ0v) is 22.9. The maximum absolute atomic E-state index is 13.8. The first-order chi connectivity index (χ1) is 16.3. The molecule has 3 amide bonds. The number of rotatable bonds is 8. The summed E-state index contributed by atoms with van der Waals surface area (Å²) in [4.78, 5) is 41.5. The molecule has 1 aliphatic carbocycles. The minimum absolute atomic E-state index is 0.123. The summed E-state index contributed by atoms with van der Waals surface area (Å²) in [7, 11) is 1.66. The molecule has 2 N–H and O–H groups in total. The molecule has 2 unspecified atom stereocenters. The van der Waals surface area contributed by atoms with Gasteiger partial charge in [-0.1, -0.05) is 51.3 Å². The Morgan fingerprint density at radius 2 is 1.63 bits per heavy atom. The Morgan fingerprint density at radius 1 is 1.06 bits per heavy atom. The maximum Gasteiger partial charge on any atom is 0.408 e. The van der Waals surface area contributed by atoms with Gasteiger partial charge < -0.3 is 20.3 Å². The van der Waals surface area contributed by atoms with Crippen molar-refractivity contribution in [2.45, 2.75) is 111 Å². The van der Waals surface area contributed by atoms with Crippen LogP contribution in [-0.2, 0) is 14.3 Å². The van der Waals surface area contributed by atoms with Crippen LogP contribution in [0.15, 0.2) is 18.2 Å². The summed E-state index contributed by atoms with van der Waals surface area (Å²) in [5.41, 5.74) is 2.06. The van der Waals surface area contributed by atoms with E-state index in [1.54, 1.807) is 27.8 Å². The summed E-state index contributed by atoms with van der Waals surface area (Å²) in [5.74, 6) is -0.330. The molecule has 0 aliphatic heterocycles. The molecule has 7 nitrogen and oxygen atoms in total. The van der Waals surface area contributed by atoms with E-state index in [0.29, 0.717) is 6.42 Å². The van der Waals surface area contributed by atoms with Crippen molar-refractivity contribution in [3.8, 4) is 0 Å². The van der Waals surface area contributed by atoms with Crippen molar-refractivity contribution in [2.24, 2.45) is 5.92 Å². The molecule has 0 bridgehead atoms. The highest BCUT2D eigenvalue weighted by Gasteiger charge is 2.36. The fourth-order valence-electron chi connectivity index (χ4n) is 4.80. The average molecular weight is 488 g/mol. The minimum Gasteiger partial charge on any atom is -0.444 e. The lowest BCUT2D eigenvalue weighted by Gasteiger charge is -2.35. The maximum atomic E-state index is 13.8. The van der Waals surface area contributed by atoms with Crippen molar-refractivity contribution in [3.05, 3.63) is 34.9 Å². The van der Waals surface area contributed by atoms with Gasteiger partial charge >= 0.3 is 6.09 Å². The van der Waals surface area contributed by atoms with E-state index in [0.717, 1.165) is 42.4 Å². The number of alkyl carbamates (subject to hydrolysis) is 1. The molecule has 1 aliphatic rings. The minimum atomic E-state index is -0.802. The topological polar surface area (TPSA) is 87.7 Å². The van der Waals surface area contributed by atoms with E-state index in [9.17, 15) is 14.4 Å². The standard InChI is InChI=1S/C28H45N3O4/c1-18(2)17-22(30-27(34)35-28(5,6)7)26(33)31(8)24(23-19(3)13-12-14-20(23)4)25(32)29-21-15-10-9-11-16-21/h12-14,18,21-22,24H,9-11,15-17H2,1-8H3,(H,29,32)(H,30,34). The predicted octanol–water partition coefficient (Wildman–Crippen LogP) is 5.19. The lowest BCUT2D eigenvalue weighted by atomic mass is 9.91. The largest absolute Gasteiger partial charge is 0.444 e. The number of hydrogen-bond acceptors (Lipinski definition) is 4. The van der Waals surface area contributed by atoms with Crippen LogP contribution in [0.5, 0.6) is 0 Å². The second-order valence-electron chi connectivity index (χ2n) is 11.3. The number of benzene rings is 1. The van der Waals surface area contributed by atoms with Crippen molar-refractivity contribution in [1.82, 2.24) is 15.5 Å². The Labute approximate surface area is 211 Å². The number of nitrogens with zero attached hydrogens (tertiary/aromatic N) is 1. The molecule has 0 saturated heterocycles. The number of carbonyl (C=O) groups excluding carboxylic acids is 3. The van der Waals surface area contributed by atoms with Crippen LogP contribution in [0.4, 0.5) is 4.79 Å².